The summed E-state index contributed by atoms with van der Waals surface area (Å²) in [7, 11) is 0. The Morgan fingerprint density at radius 2 is 1.25 bits per heavy atom. The largest absolute Gasteiger partial charge is 0.388 e. The normalized spacial score (nSPS) is 30.6. The van der Waals surface area contributed by atoms with Crippen molar-refractivity contribution in [2.75, 3.05) is 26.4 Å². The molecule has 19 nitrogen and oxygen atoms in total. The molecule has 0 aliphatic carbocycles. The zero-order valence-electron chi connectivity index (χ0n) is 42.8. The molecule has 19 heteroatoms. The van der Waals surface area contributed by atoms with E-state index in [9.17, 15) is 14.7 Å². The van der Waals surface area contributed by atoms with E-state index in [0.717, 1.165) is 41.5 Å². The highest BCUT2D eigenvalue weighted by Gasteiger charge is 2.57. The number of ether oxygens (including phenoxy) is 11. The molecule has 0 spiro atoms. The highest BCUT2D eigenvalue weighted by molar-refractivity contribution is 5.73. The number of azide groups is 1. The summed E-state index contributed by atoms with van der Waals surface area (Å²) in [6, 6.07) is 36.5. The monoisotopic (exact) mass is 1040 g/mol. The fourth-order valence-electron chi connectivity index (χ4n) is 9.81. The van der Waals surface area contributed by atoms with E-state index in [1.165, 1.54) is 13.8 Å². The van der Waals surface area contributed by atoms with Gasteiger partial charge in [-0.1, -0.05) is 139 Å². The predicted octanol–water partition coefficient (Wildman–Crippen LogP) is 7.10. The van der Waals surface area contributed by atoms with Crippen LogP contribution in [-0.4, -0.2) is 129 Å². The summed E-state index contributed by atoms with van der Waals surface area (Å²) in [4.78, 5) is 29.5. The quantitative estimate of drug-likeness (QED) is 0.0260. The number of carbonyl (C=O) groups is 2. The van der Waals surface area contributed by atoms with Crippen molar-refractivity contribution in [3.8, 4) is 0 Å². The third-order valence-corrected chi connectivity index (χ3v) is 13.5. The molecule has 8 rings (SSSR count). The Labute approximate surface area is 438 Å². The van der Waals surface area contributed by atoms with Crippen LogP contribution in [0, 0.1) is 0 Å². The minimum Gasteiger partial charge on any atom is -0.388 e. The van der Waals surface area contributed by atoms with Crippen LogP contribution in [0.15, 0.2) is 126 Å². The first-order chi connectivity index (χ1) is 36.6. The molecule has 4 saturated heterocycles. The van der Waals surface area contributed by atoms with Crippen molar-refractivity contribution in [3.05, 3.63) is 154 Å². The molecule has 0 unspecified atom stereocenters. The minimum atomic E-state index is -1.31. The van der Waals surface area contributed by atoms with Crippen molar-refractivity contribution in [1.82, 2.24) is 10.6 Å². The molecule has 4 fully saturated rings. The van der Waals surface area contributed by atoms with E-state index in [1.807, 2.05) is 128 Å². The first-order valence-electron chi connectivity index (χ1n) is 26.0. The summed E-state index contributed by atoms with van der Waals surface area (Å²) >= 11 is 0. The second-order valence-electron chi connectivity index (χ2n) is 19.3. The molecule has 15 atom stereocenters. The van der Waals surface area contributed by atoms with Gasteiger partial charge in [0.25, 0.3) is 0 Å². The van der Waals surface area contributed by atoms with Gasteiger partial charge in [-0.3, -0.25) is 9.59 Å². The summed E-state index contributed by atoms with van der Waals surface area (Å²) in [5, 5.41) is 21.5. The molecule has 4 aliphatic heterocycles. The molecular weight excluding hydrogens is 967 g/mol. The zero-order chi connectivity index (χ0) is 52.4. The molecule has 0 aromatic heterocycles. The van der Waals surface area contributed by atoms with Crippen LogP contribution in [0.1, 0.15) is 81.4 Å². The smallest absolute Gasteiger partial charge is 0.217 e. The third-order valence-electron chi connectivity index (χ3n) is 13.5. The van der Waals surface area contributed by atoms with Crippen molar-refractivity contribution in [2.24, 2.45) is 5.11 Å². The second kappa shape index (κ2) is 28.7. The fraction of sp³-hybridized carbons (Fsp3) is 0.536. The van der Waals surface area contributed by atoms with Crippen LogP contribution < -0.4 is 10.6 Å². The molecule has 404 valence electrons. The Hall–Kier alpha value is -5.35. The average molecular weight is 1040 g/mol. The molecule has 0 bridgehead atoms. The highest BCUT2D eigenvalue weighted by Crippen LogP contribution is 2.40. The summed E-state index contributed by atoms with van der Waals surface area (Å²) in [5.74, 6) is -0.787. The molecular formula is C56H71N5O14. The van der Waals surface area contributed by atoms with Crippen LogP contribution in [-0.2, 0) is 81.5 Å². The van der Waals surface area contributed by atoms with Gasteiger partial charge in [-0.2, -0.15) is 0 Å². The van der Waals surface area contributed by atoms with E-state index in [4.69, 9.17) is 57.6 Å². The van der Waals surface area contributed by atoms with Crippen molar-refractivity contribution in [3.63, 3.8) is 0 Å². The number of nitrogens with one attached hydrogen (secondary N) is 2. The van der Waals surface area contributed by atoms with E-state index < -0.39 is 98.1 Å². The van der Waals surface area contributed by atoms with Gasteiger partial charge in [-0.05, 0) is 42.0 Å². The molecule has 3 N–H and O–H groups in total. The van der Waals surface area contributed by atoms with Gasteiger partial charge in [0.1, 0.15) is 54.8 Å². The summed E-state index contributed by atoms with van der Waals surface area (Å²) in [6.07, 6.45) is -8.95. The number of aliphatic hydroxyl groups excluding tert-OH is 1. The summed E-state index contributed by atoms with van der Waals surface area (Å²) in [5.41, 5.74) is 12.2. The first-order valence-corrected chi connectivity index (χ1v) is 26.0. The maximum Gasteiger partial charge on any atom is 0.217 e. The van der Waals surface area contributed by atoms with Gasteiger partial charge >= 0.3 is 0 Å². The number of hydrogen-bond donors (Lipinski definition) is 3. The van der Waals surface area contributed by atoms with Gasteiger partial charge in [-0.25, -0.2) is 0 Å². The van der Waals surface area contributed by atoms with Gasteiger partial charge < -0.3 is 67.8 Å². The van der Waals surface area contributed by atoms with Crippen molar-refractivity contribution < 1.29 is 66.8 Å². The van der Waals surface area contributed by atoms with Crippen LogP contribution in [0.3, 0.4) is 0 Å². The molecule has 0 radical (unpaired) electrons. The summed E-state index contributed by atoms with van der Waals surface area (Å²) in [6.45, 7) is 6.06. The first kappa shape index (κ1) is 55.9. The Balaban J connectivity index is 1.11. The number of nitrogens with zero attached hydrogens (tertiary/aromatic N) is 3. The lowest BCUT2D eigenvalue weighted by atomic mass is 9.93. The standard InChI is InChI=1S/C56H71N5O14/c1-36-44(67-32-40-22-12-7-13-23-40)30-43(64)54(70-36)75-52-48(60-38(3)63)56(72-46-35-69-53(73-50(46)52)42-26-16-9-17-27-42)74-49-45(34-65-31-39-20-10-6-11-21-39)71-55(66-29-19-5-4-18-28-58-61-57)47(59-37(2)62)51(49)68-33-41-24-14-8-15-25-41/h6-17,20-27,36,43-56,64H,4-5,18-19,28-35H2,1-3H3,(H,59,62)(H,60,63)/t36-,43+,44+,45-,46-,47-,48-,49-,50+,51-,52-,53+,54+,55-,56+/m1/s1. The van der Waals surface area contributed by atoms with E-state index in [-0.39, 0.29) is 45.4 Å². The van der Waals surface area contributed by atoms with Crippen LogP contribution in [0.25, 0.3) is 10.4 Å². The maximum absolute atomic E-state index is 13.5. The second-order valence-corrected chi connectivity index (χ2v) is 19.3. The fourth-order valence-corrected chi connectivity index (χ4v) is 9.81. The van der Waals surface area contributed by atoms with Crippen molar-refractivity contribution in [2.45, 2.75) is 165 Å². The number of amides is 2. The van der Waals surface area contributed by atoms with Crippen LogP contribution in [0.4, 0.5) is 0 Å². The van der Waals surface area contributed by atoms with Crippen LogP contribution in [0.5, 0.6) is 0 Å². The van der Waals surface area contributed by atoms with Gasteiger partial charge in [0.05, 0.1) is 45.2 Å². The number of unbranched alkanes of at least 4 members (excludes halogenated alkanes) is 3. The number of rotatable bonds is 25. The van der Waals surface area contributed by atoms with Crippen molar-refractivity contribution in [1.29, 1.82) is 0 Å². The predicted molar refractivity (Wildman–Crippen MR) is 272 cm³/mol. The molecule has 0 saturated carbocycles. The molecule has 4 heterocycles. The lowest BCUT2D eigenvalue weighted by Gasteiger charge is -2.52. The van der Waals surface area contributed by atoms with Gasteiger partial charge in [0.15, 0.2) is 25.2 Å². The molecule has 4 aliphatic rings. The molecule has 4 aromatic carbocycles. The number of fused-ring (bicyclic) bond motifs is 1. The van der Waals surface area contributed by atoms with E-state index in [0.29, 0.717) is 19.6 Å². The number of benzene rings is 4. The average Bonchev–Trinajstić information content (AvgIpc) is 3.42. The van der Waals surface area contributed by atoms with E-state index >= 15 is 0 Å². The Morgan fingerprint density at radius 3 is 1.89 bits per heavy atom. The number of hydrogen-bond acceptors (Lipinski definition) is 15. The Kier molecular flexibility index (Phi) is 21.4. The maximum atomic E-state index is 13.5. The molecule has 75 heavy (non-hydrogen) atoms. The van der Waals surface area contributed by atoms with Gasteiger partial charge in [-0.15, -0.1) is 0 Å². The van der Waals surface area contributed by atoms with Crippen LogP contribution in [0.2, 0.25) is 0 Å². The minimum absolute atomic E-state index is 0.0151. The molecule has 4 aromatic rings. The van der Waals surface area contributed by atoms with Crippen molar-refractivity contribution >= 4 is 11.8 Å². The topological polar surface area (TPSA) is 229 Å². The SMILES string of the molecule is CC(=O)N[C@H]1[C@H](O[C@H]2[C@H](OCc3ccccc3)[C@@H](NC(C)=O)[C@H](OCCCCCCN=[N+]=[N-])O[C@@H]2COCc2ccccc2)O[C@@H]2CO[C@H](c3ccccc3)O[C@@H]2[C@@H]1O[C@@H]1O[C@H](C)[C@@H](OCc2ccccc2)C[C@@H]1O. The van der Waals surface area contributed by atoms with E-state index in [1.54, 1.807) is 0 Å². The summed E-state index contributed by atoms with van der Waals surface area (Å²) < 4.78 is 73.4. The van der Waals surface area contributed by atoms with Gasteiger partial charge in [0, 0.05) is 43.9 Å². The lowest BCUT2D eigenvalue weighted by Crippen LogP contribution is -2.71. The Morgan fingerprint density at radius 1 is 0.667 bits per heavy atom. The molecule has 2 amide bonds. The lowest BCUT2D eigenvalue weighted by molar-refractivity contribution is -0.386. The van der Waals surface area contributed by atoms with Crippen LogP contribution >= 0.6 is 0 Å². The number of aliphatic hydroxyl groups is 1. The van der Waals surface area contributed by atoms with Gasteiger partial charge in [0.2, 0.25) is 11.8 Å². The number of carbonyl (C=O) groups excluding carboxylic acids is 2. The van der Waals surface area contributed by atoms with E-state index in [2.05, 4.69) is 20.7 Å². The third kappa shape index (κ3) is 16.1. The zero-order valence-corrected chi connectivity index (χ0v) is 42.8. The Bertz CT molecular complexity index is 2380. The highest BCUT2D eigenvalue weighted by atomic mass is 16.8.